The van der Waals surface area contributed by atoms with Crippen LogP contribution in [0.4, 0.5) is 14.6 Å². The van der Waals surface area contributed by atoms with Crippen LogP contribution in [-0.4, -0.2) is 24.0 Å². The first-order valence-electron chi connectivity index (χ1n) is 4.68. The molecule has 0 bridgehead atoms. The number of nitriles is 1. The van der Waals surface area contributed by atoms with Crippen molar-refractivity contribution >= 4 is 5.82 Å². The third-order valence-electron chi connectivity index (χ3n) is 2.03. The highest BCUT2D eigenvalue weighted by Crippen LogP contribution is 2.14. The normalized spacial score (nSPS) is 10.9. The fourth-order valence-electron chi connectivity index (χ4n) is 1.07. The lowest BCUT2D eigenvalue weighted by molar-refractivity contribution is 0.0253. The number of aryl methyl sites for hydroxylation is 1. The van der Waals surface area contributed by atoms with E-state index in [1.807, 2.05) is 6.07 Å². The molecule has 1 rings (SSSR count). The summed E-state index contributed by atoms with van der Waals surface area (Å²) in [7, 11) is 0. The predicted molar refractivity (Wildman–Crippen MR) is 56.2 cm³/mol. The Morgan fingerprint density at radius 2 is 2.25 bits per heavy atom. The zero-order valence-electron chi connectivity index (χ0n) is 8.80. The van der Waals surface area contributed by atoms with Crippen molar-refractivity contribution in [1.82, 2.24) is 4.98 Å². The lowest BCUT2D eigenvalue weighted by Gasteiger charge is -2.15. The van der Waals surface area contributed by atoms with Crippen LogP contribution in [0.25, 0.3) is 0 Å². The standard InChI is InChI=1S/C10H12F2N4/c1-7-8(4-13)2-3-9(16-7)15-6-10(11,12)5-14/h2-3H,5-6,14H2,1H3,(H,15,16). The number of anilines is 1. The van der Waals surface area contributed by atoms with Gasteiger partial charge in [-0.05, 0) is 19.1 Å². The summed E-state index contributed by atoms with van der Waals surface area (Å²) in [6.07, 6.45) is 0. The predicted octanol–water partition coefficient (Wildman–Crippen LogP) is 1.27. The van der Waals surface area contributed by atoms with Gasteiger partial charge in [0.15, 0.2) is 0 Å². The Morgan fingerprint density at radius 1 is 1.56 bits per heavy atom. The van der Waals surface area contributed by atoms with Gasteiger partial charge in [-0.25, -0.2) is 13.8 Å². The Kier molecular flexibility index (Phi) is 3.74. The van der Waals surface area contributed by atoms with E-state index in [4.69, 9.17) is 11.0 Å². The maximum atomic E-state index is 12.8. The van der Waals surface area contributed by atoms with Crippen molar-refractivity contribution in [2.24, 2.45) is 5.73 Å². The van der Waals surface area contributed by atoms with Crippen molar-refractivity contribution in [3.63, 3.8) is 0 Å². The number of pyridine rings is 1. The molecule has 86 valence electrons. The Balaban J connectivity index is 2.70. The van der Waals surface area contributed by atoms with Crippen LogP contribution in [0.5, 0.6) is 0 Å². The van der Waals surface area contributed by atoms with Gasteiger partial charge < -0.3 is 11.1 Å². The highest BCUT2D eigenvalue weighted by atomic mass is 19.3. The van der Waals surface area contributed by atoms with Crippen LogP contribution in [0.3, 0.4) is 0 Å². The molecule has 0 aromatic carbocycles. The number of rotatable bonds is 4. The number of hydrogen-bond acceptors (Lipinski definition) is 4. The second kappa shape index (κ2) is 4.86. The first-order valence-corrected chi connectivity index (χ1v) is 4.68. The first-order chi connectivity index (χ1) is 7.48. The lowest BCUT2D eigenvalue weighted by Crippen LogP contribution is -2.35. The quantitative estimate of drug-likeness (QED) is 0.810. The average Bonchev–Trinajstić information content (AvgIpc) is 2.27. The van der Waals surface area contributed by atoms with Crippen LogP contribution in [0.1, 0.15) is 11.3 Å². The van der Waals surface area contributed by atoms with Gasteiger partial charge in [-0.2, -0.15) is 5.26 Å². The van der Waals surface area contributed by atoms with E-state index in [2.05, 4.69) is 10.3 Å². The molecular formula is C10H12F2N4. The van der Waals surface area contributed by atoms with Crippen molar-refractivity contribution in [3.8, 4) is 6.07 Å². The fourth-order valence-corrected chi connectivity index (χ4v) is 1.07. The van der Waals surface area contributed by atoms with Gasteiger partial charge in [-0.15, -0.1) is 0 Å². The molecule has 0 radical (unpaired) electrons. The number of hydrogen-bond donors (Lipinski definition) is 2. The third-order valence-corrected chi connectivity index (χ3v) is 2.03. The van der Waals surface area contributed by atoms with Crippen LogP contribution in [0.2, 0.25) is 0 Å². The van der Waals surface area contributed by atoms with E-state index in [1.54, 1.807) is 6.92 Å². The van der Waals surface area contributed by atoms with E-state index < -0.39 is 19.0 Å². The summed E-state index contributed by atoms with van der Waals surface area (Å²) in [6, 6.07) is 4.96. The molecule has 0 unspecified atom stereocenters. The van der Waals surface area contributed by atoms with Gasteiger partial charge in [0.25, 0.3) is 5.92 Å². The molecule has 6 heteroatoms. The molecular weight excluding hydrogens is 214 g/mol. The van der Waals surface area contributed by atoms with Crippen LogP contribution in [-0.2, 0) is 0 Å². The SMILES string of the molecule is Cc1nc(NCC(F)(F)CN)ccc1C#N. The van der Waals surface area contributed by atoms with Crippen molar-refractivity contribution < 1.29 is 8.78 Å². The molecule has 0 saturated heterocycles. The smallest absolute Gasteiger partial charge is 0.276 e. The molecule has 0 aliphatic heterocycles. The molecule has 16 heavy (non-hydrogen) atoms. The largest absolute Gasteiger partial charge is 0.364 e. The third kappa shape index (κ3) is 3.14. The lowest BCUT2D eigenvalue weighted by atomic mass is 10.2. The number of nitrogens with one attached hydrogen (secondary N) is 1. The minimum Gasteiger partial charge on any atom is -0.364 e. The molecule has 1 heterocycles. The Labute approximate surface area is 92.1 Å². The number of nitrogens with zero attached hydrogens (tertiary/aromatic N) is 2. The Hall–Kier alpha value is -1.74. The molecule has 1 aromatic heterocycles. The molecule has 0 aliphatic carbocycles. The summed E-state index contributed by atoms with van der Waals surface area (Å²) in [6.45, 7) is 0.363. The van der Waals surface area contributed by atoms with Gasteiger partial charge in [0.05, 0.1) is 24.3 Å². The van der Waals surface area contributed by atoms with Crippen LogP contribution >= 0.6 is 0 Å². The molecule has 1 aromatic rings. The van der Waals surface area contributed by atoms with Crippen LogP contribution in [0, 0.1) is 18.3 Å². The van der Waals surface area contributed by atoms with Crippen LogP contribution in [0.15, 0.2) is 12.1 Å². The van der Waals surface area contributed by atoms with Gasteiger partial charge in [0, 0.05) is 0 Å². The summed E-state index contributed by atoms with van der Waals surface area (Å²) in [5.41, 5.74) is 5.82. The second-order valence-electron chi connectivity index (χ2n) is 3.35. The van der Waals surface area contributed by atoms with E-state index in [1.165, 1.54) is 12.1 Å². The van der Waals surface area contributed by atoms with Crippen molar-refractivity contribution in [3.05, 3.63) is 23.4 Å². The Morgan fingerprint density at radius 3 is 2.75 bits per heavy atom. The minimum absolute atomic E-state index is 0.310. The maximum Gasteiger partial charge on any atom is 0.276 e. The number of aromatic nitrogens is 1. The van der Waals surface area contributed by atoms with Gasteiger partial charge >= 0.3 is 0 Å². The summed E-state index contributed by atoms with van der Waals surface area (Å²) in [5, 5.41) is 11.1. The van der Waals surface area contributed by atoms with Gasteiger partial charge in [0.1, 0.15) is 11.9 Å². The highest BCUT2D eigenvalue weighted by Gasteiger charge is 2.26. The van der Waals surface area contributed by atoms with Crippen LogP contribution < -0.4 is 11.1 Å². The highest BCUT2D eigenvalue weighted by molar-refractivity contribution is 5.43. The van der Waals surface area contributed by atoms with E-state index in [0.717, 1.165) is 0 Å². The van der Waals surface area contributed by atoms with Crippen molar-refractivity contribution in [2.75, 3.05) is 18.4 Å². The number of alkyl halides is 2. The number of halogens is 2. The second-order valence-corrected chi connectivity index (χ2v) is 3.35. The molecule has 3 N–H and O–H groups in total. The maximum absolute atomic E-state index is 12.8. The molecule has 0 fully saturated rings. The summed E-state index contributed by atoms with van der Waals surface area (Å²) < 4.78 is 25.6. The van der Waals surface area contributed by atoms with E-state index in [0.29, 0.717) is 17.1 Å². The molecule has 4 nitrogen and oxygen atoms in total. The summed E-state index contributed by atoms with van der Waals surface area (Å²) in [4.78, 5) is 3.97. The molecule has 0 atom stereocenters. The van der Waals surface area contributed by atoms with E-state index >= 15 is 0 Å². The molecule has 0 spiro atoms. The topological polar surface area (TPSA) is 74.7 Å². The van der Waals surface area contributed by atoms with E-state index in [-0.39, 0.29) is 0 Å². The molecule has 0 aliphatic rings. The monoisotopic (exact) mass is 226 g/mol. The molecule has 0 amide bonds. The summed E-state index contributed by atoms with van der Waals surface area (Å²) in [5.74, 6) is -2.65. The zero-order valence-corrected chi connectivity index (χ0v) is 8.80. The minimum atomic E-state index is -2.95. The fraction of sp³-hybridized carbons (Fsp3) is 0.400. The van der Waals surface area contributed by atoms with Crippen molar-refractivity contribution in [1.29, 1.82) is 5.26 Å². The van der Waals surface area contributed by atoms with Gasteiger partial charge in [0.2, 0.25) is 0 Å². The van der Waals surface area contributed by atoms with Gasteiger partial charge in [-0.3, -0.25) is 0 Å². The van der Waals surface area contributed by atoms with Crippen molar-refractivity contribution in [2.45, 2.75) is 12.8 Å². The van der Waals surface area contributed by atoms with E-state index in [9.17, 15) is 8.78 Å². The van der Waals surface area contributed by atoms with Gasteiger partial charge in [-0.1, -0.05) is 0 Å². The Bertz CT molecular complexity index is 412. The number of nitrogens with two attached hydrogens (primary N) is 1. The average molecular weight is 226 g/mol. The summed E-state index contributed by atoms with van der Waals surface area (Å²) >= 11 is 0. The molecule has 0 saturated carbocycles. The first kappa shape index (κ1) is 12.3. The zero-order chi connectivity index (χ0) is 12.2.